The highest BCUT2D eigenvalue weighted by atomic mass is 19.1. The van der Waals surface area contributed by atoms with Crippen molar-refractivity contribution >= 4 is 0 Å². The van der Waals surface area contributed by atoms with Crippen molar-refractivity contribution in [1.82, 2.24) is 10.3 Å². The molecule has 3 rings (SSSR count). The van der Waals surface area contributed by atoms with E-state index in [1.807, 2.05) is 0 Å². The standard InChI is InChI=1S/C14H15FN2O2/c1-9-6-10(15)2-5-13(9)19-14-17-12(8-18-14)7-16-11-3-4-11/h2,5-6,8,11,16H,3-4,7H2,1H3. The first-order valence-corrected chi connectivity index (χ1v) is 6.32. The molecule has 0 amide bonds. The first-order valence-electron chi connectivity index (χ1n) is 6.32. The van der Waals surface area contributed by atoms with Gasteiger partial charge in [-0.05, 0) is 43.5 Å². The predicted octanol–water partition coefficient (Wildman–Crippen LogP) is 3.17. The minimum Gasteiger partial charge on any atom is -0.417 e. The number of ether oxygens (including phenoxy) is 1. The minimum absolute atomic E-state index is 0.183. The molecule has 0 radical (unpaired) electrons. The van der Waals surface area contributed by atoms with E-state index in [1.54, 1.807) is 19.3 Å². The Bertz CT molecular complexity index is 579. The van der Waals surface area contributed by atoms with Crippen molar-refractivity contribution in [3.63, 3.8) is 0 Å². The van der Waals surface area contributed by atoms with Gasteiger partial charge in [0, 0.05) is 12.6 Å². The van der Waals surface area contributed by atoms with Gasteiger partial charge in [0.2, 0.25) is 0 Å². The first kappa shape index (κ1) is 12.2. The second kappa shape index (κ2) is 5.01. The molecule has 100 valence electrons. The van der Waals surface area contributed by atoms with E-state index in [9.17, 15) is 4.39 Å². The van der Waals surface area contributed by atoms with E-state index in [0.717, 1.165) is 5.69 Å². The average Bonchev–Trinajstić information content (AvgIpc) is 3.10. The van der Waals surface area contributed by atoms with Gasteiger partial charge in [-0.1, -0.05) is 0 Å². The molecule has 0 unspecified atom stereocenters. The first-order chi connectivity index (χ1) is 9.20. The van der Waals surface area contributed by atoms with Crippen molar-refractivity contribution in [3.05, 3.63) is 41.5 Å². The third-order valence-corrected chi connectivity index (χ3v) is 3.01. The van der Waals surface area contributed by atoms with Gasteiger partial charge in [0.05, 0.1) is 5.69 Å². The number of oxazole rings is 1. The van der Waals surface area contributed by atoms with Crippen molar-refractivity contribution in [2.24, 2.45) is 0 Å². The van der Waals surface area contributed by atoms with E-state index in [1.165, 1.54) is 25.0 Å². The quantitative estimate of drug-likeness (QED) is 0.899. The van der Waals surface area contributed by atoms with Crippen molar-refractivity contribution < 1.29 is 13.5 Å². The number of halogens is 1. The fourth-order valence-electron chi connectivity index (χ4n) is 1.77. The molecule has 1 aliphatic rings. The van der Waals surface area contributed by atoms with Crippen molar-refractivity contribution in [2.75, 3.05) is 0 Å². The van der Waals surface area contributed by atoms with Crippen molar-refractivity contribution in [3.8, 4) is 11.8 Å². The molecule has 0 atom stereocenters. The second-order valence-electron chi connectivity index (χ2n) is 4.77. The molecule has 0 aliphatic heterocycles. The third-order valence-electron chi connectivity index (χ3n) is 3.01. The van der Waals surface area contributed by atoms with Gasteiger partial charge >= 0.3 is 6.08 Å². The summed E-state index contributed by atoms with van der Waals surface area (Å²) in [6, 6.07) is 4.95. The molecular weight excluding hydrogens is 247 g/mol. The molecule has 1 aromatic carbocycles. The normalized spacial score (nSPS) is 14.6. The second-order valence-corrected chi connectivity index (χ2v) is 4.77. The molecular formula is C14H15FN2O2. The number of hydrogen-bond donors (Lipinski definition) is 1. The topological polar surface area (TPSA) is 47.3 Å². The van der Waals surface area contributed by atoms with Crippen LogP contribution in [-0.4, -0.2) is 11.0 Å². The highest BCUT2D eigenvalue weighted by molar-refractivity contribution is 5.34. The smallest absolute Gasteiger partial charge is 0.399 e. The molecule has 1 fully saturated rings. The number of hydrogen-bond acceptors (Lipinski definition) is 4. The lowest BCUT2D eigenvalue weighted by Crippen LogP contribution is -2.15. The van der Waals surface area contributed by atoms with Crippen molar-refractivity contribution in [1.29, 1.82) is 0 Å². The van der Waals surface area contributed by atoms with Gasteiger partial charge in [-0.2, -0.15) is 4.98 Å². The summed E-state index contributed by atoms with van der Waals surface area (Å²) in [5, 5.41) is 3.34. The van der Waals surface area contributed by atoms with Gasteiger partial charge in [-0.25, -0.2) is 4.39 Å². The summed E-state index contributed by atoms with van der Waals surface area (Å²) in [4.78, 5) is 4.22. The summed E-state index contributed by atoms with van der Waals surface area (Å²) < 4.78 is 23.7. The van der Waals surface area contributed by atoms with Crippen LogP contribution in [0.4, 0.5) is 4.39 Å². The molecule has 0 saturated heterocycles. The molecule has 4 nitrogen and oxygen atoms in total. The van der Waals surface area contributed by atoms with Crippen LogP contribution < -0.4 is 10.1 Å². The Morgan fingerprint density at radius 2 is 2.32 bits per heavy atom. The summed E-state index contributed by atoms with van der Waals surface area (Å²) in [6.45, 7) is 2.46. The number of rotatable bonds is 5. The Morgan fingerprint density at radius 1 is 1.47 bits per heavy atom. The van der Waals surface area contributed by atoms with Crippen LogP contribution in [0.25, 0.3) is 0 Å². The van der Waals surface area contributed by atoms with Crippen LogP contribution in [-0.2, 0) is 6.54 Å². The average molecular weight is 262 g/mol. The Labute approximate surface area is 110 Å². The molecule has 2 aromatic rings. The lowest BCUT2D eigenvalue weighted by Gasteiger charge is -2.04. The van der Waals surface area contributed by atoms with E-state index in [2.05, 4.69) is 10.3 Å². The number of benzene rings is 1. The van der Waals surface area contributed by atoms with Gasteiger partial charge in [0.25, 0.3) is 0 Å². The van der Waals surface area contributed by atoms with Crippen LogP contribution in [0.5, 0.6) is 11.8 Å². The number of aryl methyl sites for hydroxylation is 1. The predicted molar refractivity (Wildman–Crippen MR) is 67.6 cm³/mol. The molecule has 1 N–H and O–H groups in total. The largest absolute Gasteiger partial charge is 0.417 e. The number of nitrogens with one attached hydrogen (secondary N) is 1. The van der Waals surface area contributed by atoms with Gasteiger partial charge in [-0.3, -0.25) is 0 Å². The van der Waals surface area contributed by atoms with Gasteiger partial charge in [0.1, 0.15) is 17.8 Å². The van der Waals surface area contributed by atoms with Crippen LogP contribution in [0.1, 0.15) is 24.1 Å². The van der Waals surface area contributed by atoms with Gasteiger partial charge in [-0.15, -0.1) is 0 Å². The molecule has 1 aromatic heterocycles. The fourth-order valence-corrected chi connectivity index (χ4v) is 1.77. The van der Waals surface area contributed by atoms with E-state index >= 15 is 0 Å². The lowest BCUT2D eigenvalue weighted by molar-refractivity contribution is 0.328. The number of nitrogens with zero attached hydrogens (tertiary/aromatic N) is 1. The molecule has 0 spiro atoms. The number of aromatic nitrogens is 1. The molecule has 1 heterocycles. The summed E-state index contributed by atoms with van der Waals surface area (Å²) in [5.74, 6) is 0.261. The highest BCUT2D eigenvalue weighted by Gasteiger charge is 2.20. The van der Waals surface area contributed by atoms with E-state index in [0.29, 0.717) is 23.9 Å². The van der Waals surface area contributed by atoms with E-state index in [-0.39, 0.29) is 11.9 Å². The fraction of sp³-hybridized carbons (Fsp3) is 0.357. The summed E-state index contributed by atoms with van der Waals surface area (Å²) in [7, 11) is 0. The molecule has 5 heteroatoms. The Morgan fingerprint density at radius 3 is 3.05 bits per heavy atom. The monoisotopic (exact) mass is 262 g/mol. The van der Waals surface area contributed by atoms with Crippen LogP contribution in [0, 0.1) is 12.7 Å². The molecule has 1 saturated carbocycles. The summed E-state index contributed by atoms with van der Waals surface area (Å²) in [5.41, 5.74) is 1.51. The SMILES string of the molecule is Cc1cc(F)ccc1Oc1nc(CNC2CC2)co1. The Balaban J connectivity index is 1.65. The summed E-state index contributed by atoms with van der Waals surface area (Å²) in [6.07, 6.45) is 4.22. The van der Waals surface area contributed by atoms with Gasteiger partial charge in [0.15, 0.2) is 0 Å². The maximum absolute atomic E-state index is 13.0. The highest BCUT2D eigenvalue weighted by Crippen LogP contribution is 2.25. The van der Waals surface area contributed by atoms with Crippen LogP contribution in [0.3, 0.4) is 0 Å². The Hall–Kier alpha value is -1.88. The zero-order chi connectivity index (χ0) is 13.2. The molecule has 1 aliphatic carbocycles. The van der Waals surface area contributed by atoms with E-state index in [4.69, 9.17) is 9.15 Å². The zero-order valence-electron chi connectivity index (χ0n) is 10.6. The van der Waals surface area contributed by atoms with E-state index < -0.39 is 0 Å². The third kappa shape index (κ3) is 3.12. The molecule has 0 bridgehead atoms. The molecule has 19 heavy (non-hydrogen) atoms. The summed E-state index contributed by atoms with van der Waals surface area (Å²) >= 11 is 0. The van der Waals surface area contributed by atoms with Gasteiger partial charge < -0.3 is 14.5 Å². The lowest BCUT2D eigenvalue weighted by atomic mass is 10.2. The maximum Gasteiger partial charge on any atom is 0.399 e. The van der Waals surface area contributed by atoms with Crippen LogP contribution >= 0.6 is 0 Å². The van der Waals surface area contributed by atoms with Crippen molar-refractivity contribution in [2.45, 2.75) is 32.4 Å². The van der Waals surface area contributed by atoms with Crippen LogP contribution in [0.2, 0.25) is 0 Å². The maximum atomic E-state index is 13.0. The zero-order valence-corrected chi connectivity index (χ0v) is 10.6. The Kier molecular flexibility index (Phi) is 3.21. The minimum atomic E-state index is -0.286. The van der Waals surface area contributed by atoms with Crippen LogP contribution in [0.15, 0.2) is 28.9 Å².